The van der Waals surface area contributed by atoms with Gasteiger partial charge in [0.2, 0.25) is 0 Å². The molecular formula is C21H23NO3. The van der Waals surface area contributed by atoms with Crippen LogP contribution in [0.1, 0.15) is 43.4 Å². The first-order valence-electron chi connectivity index (χ1n) is 8.97. The van der Waals surface area contributed by atoms with Gasteiger partial charge in [0.1, 0.15) is 5.75 Å². The quantitative estimate of drug-likeness (QED) is 0.843. The summed E-state index contributed by atoms with van der Waals surface area (Å²) in [7, 11) is 0. The highest BCUT2D eigenvalue weighted by atomic mass is 16.5. The number of rotatable bonds is 4. The Kier molecular flexibility index (Phi) is 3.91. The Labute approximate surface area is 147 Å². The lowest BCUT2D eigenvalue weighted by molar-refractivity contribution is 0.178. The van der Waals surface area contributed by atoms with Crippen LogP contribution >= 0.6 is 0 Å². The lowest BCUT2D eigenvalue weighted by Gasteiger charge is -2.34. The molecule has 2 aromatic carbocycles. The summed E-state index contributed by atoms with van der Waals surface area (Å²) in [5, 5.41) is 12.0. The van der Waals surface area contributed by atoms with Crippen molar-refractivity contribution in [3.8, 4) is 16.9 Å². The number of hydrogen-bond acceptors (Lipinski definition) is 2. The fraction of sp³-hybridized carbons (Fsp3) is 0.381. The van der Waals surface area contributed by atoms with Crippen LogP contribution in [-0.4, -0.2) is 17.8 Å². The second-order valence-electron chi connectivity index (χ2n) is 7.12. The van der Waals surface area contributed by atoms with Crippen LogP contribution < -0.4 is 10.1 Å². The molecule has 1 spiro atoms. The predicted octanol–water partition coefficient (Wildman–Crippen LogP) is 4.79. The molecule has 0 saturated heterocycles. The fourth-order valence-electron chi connectivity index (χ4n) is 4.11. The van der Waals surface area contributed by atoms with Crippen molar-refractivity contribution in [2.24, 2.45) is 5.41 Å². The average Bonchev–Trinajstić information content (AvgIpc) is 3.39. The number of carboxylic acid groups (broad SMARTS) is 1. The van der Waals surface area contributed by atoms with Crippen LogP contribution in [0.3, 0.4) is 0 Å². The zero-order valence-corrected chi connectivity index (χ0v) is 14.4. The normalized spacial score (nSPS) is 20.0. The minimum absolute atomic E-state index is 0.0665. The van der Waals surface area contributed by atoms with Crippen LogP contribution in [0.4, 0.5) is 4.79 Å². The number of ether oxygens (including phenoxy) is 1. The van der Waals surface area contributed by atoms with Gasteiger partial charge in [-0.1, -0.05) is 30.3 Å². The molecule has 130 valence electrons. The molecule has 0 aliphatic heterocycles. The topological polar surface area (TPSA) is 58.6 Å². The maximum Gasteiger partial charge on any atom is 0.405 e. The molecule has 2 aliphatic carbocycles. The highest BCUT2D eigenvalue weighted by Crippen LogP contribution is 2.60. The predicted molar refractivity (Wildman–Crippen MR) is 96.9 cm³/mol. The number of benzene rings is 2. The Bertz CT molecular complexity index is 793. The lowest BCUT2D eigenvalue weighted by atomic mass is 9.76. The molecule has 1 saturated carbocycles. The molecule has 1 fully saturated rings. The number of fused-ring (bicyclic) bond motifs is 1. The number of amides is 1. The summed E-state index contributed by atoms with van der Waals surface area (Å²) >= 11 is 0. The van der Waals surface area contributed by atoms with Gasteiger partial charge in [0.15, 0.2) is 0 Å². The van der Waals surface area contributed by atoms with Crippen molar-refractivity contribution >= 4 is 6.09 Å². The molecule has 1 amide bonds. The molecule has 4 rings (SSSR count). The molecule has 1 atom stereocenters. The zero-order chi connectivity index (χ0) is 17.4. The van der Waals surface area contributed by atoms with E-state index in [4.69, 9.17) is 4.74 Å². The Balaban J connectivity index is 1.64. The third-order valence-corrected chi connectivity index (χ3v) is 5.62. The van der Waals surface area contributed by atoms with E-state index < -0.39 is 6.09 Å². The number of nitrogens with one attached hydrogen (secondary N) is 1. The highest BCUT2D eigenvalue weighted by molar-refractivity contribution is 5.68. The van der Waals surface area contributed by atoms with Crippen molar-refractivity contribution < 1.29 is 14.6 Å². The van der Waals surface area contributed by atoms with Gasteiger partial charge in [-0.25, -0.2) is 4.79 Å². The van der Waals surface area contributed by atoms with Gasteiger partial charge in [-0.2, -0.15) is 0 Å². The Morgan fingerprint density at radius 3 is 2.52 bits per heavy atom. The van der Waals surface area contributed by atoms with Crippen LogP contribution in [0.2, 0.25) is 0 Å². The van der Waals surface area contributed by atoms with Crippen LogP contribution in [0.25, 0.3) is 11.1 Å². The van der Waals surface area contributed by atoms with E-state index in [1.807, 2.05) is 19.1 Å². The van der Waals surface area contributed by atoms with Gasteiger partial charge in [0, 0.05) is 0 Å². The van der Waals surface area contributed by atoms with E-state index >= 15 is 0 Å². The molecule has 1 unspecified atom stereocenters. The molecule has 0 radical (unpaired) electrons. The van der Waals surface area contributed by atoms with Crippen molar-refractivity contribution in [1.82, 2.24) is 5.32 Å². The summed E-state index contributed by atoms with van der Waals surface area (Å²) < 4.78 is 5.50. The summed E-state index contributed by atoms with van der Waals surface area (Å²) in [6.45, 7) is 2.64. The largest absolute Gasteiger partial charge is 0.494 e. The summed E-state index contributed by atoms with van der Waals surface area (Å²) in [6, 6.07) is 14.5. The van der Waals surface area contributed by atoms with Gasteiger partial charge >= 0.3 is 6.09 Å². The highest BCUT2D eigenvalue weighted by Gasteiger charge is 2.52. The van der Waals surface area contributed by atoms with Gasteiger partial charge < -0.3 is 15.2 Å². The second-order valence-corrected chi connectivity index (χ2v) is 7.12. The van der Waals surface area contributed by atoms with Crippen molar-refractivity contribution in [2.45, 2.75) is 38.6 Å². The monoisotopic (exact) mass is 337 g/mol. The van der Waals surface area contributed by atoms with Crippen molar-refractivity contribution in [1.29, 1.82) is 0 Å². The number of hydrogen-bond donors (Lipinski definition) is 2. The SMILES string of the molecule is CCOc1ccc(-c2ccc3c(c2)CCC2(CC2)C3NC(=O)O)cc1. The minimum Gasteiger partial charge on any atom is -0.494 e. The van der Waals surface area contributed by atoms with Gasteiger partial charge in [-0.15, -0.1) is 0 Å². The molecule has 4 nitrogen and oxygen atoms in total. The molecule has 4 heteroatoms. The number of carbonyl (C=O) groups is 1. The third-order valence-electron chi connectivity index (χ3n) is 5.62. The third kappa shape index (κ3) is 2.97. The van der Waals surface area contributed by atoms with E-state index in [0.717, 1.165) is 42.6 Å². The van der Waals surface area contributed by atoms with Crippen LogP contribution in [0.5, 0.6) is 5.75 Å². The van der Waals surface area contributed by atoms with Gasteiger partial charge in [0.25, 0.3) is 0 Å². The summed E-state index contributed by atoms with van der Waals surface area (Å²) in [6.07, 6.45) is 3.41. The van der Waals surface area contributed by atoms with Crippen molar-refractivity contribution in [2.75, 3.05) is 6.61 Å². The maximum absolute atomic E-state index is 11.2. The minimum atomic E-state index is -0.931. The first kappa shape index (κ1) is 16.0. The van der Waals surface area contributed by atoms with Crippen molar-refractivity contribution in [3.05, 3.63) is 53.6 Å². The molecule has 25 heavy (non-hydrogen) atoms. The summed E-state index contributed by atoms with van der Waals surface area (Å²) in [4.78, 5) is 11.2. The van der Waals surface area contributed by atoms with Crippen LogP contribution in [0.15, 0.2) is 42.5 Å². The lowest BCUT2D eigenvalue weighted by Crippen LogP contribution is -2.36. The summed E-state index contributed by atoms with van der Waals surface area (Å²) in [5.74, 6) is 0.880. The van der Waals surface area contributed by atoms with Crippen molar-refractivity contribution in [3.63, 3.8) is 0 Å². The van der Waals surface area contributed by atoms with E-state index in [2.05, 4.69) is 35.6 Å². The Morgan fingerprint density at radius 1 is 1.16 bits per heavy atom. The fourth-order valence-corrected chi connectivity index (χ4v) is 4.11. The molecule has 0 aromatic heterocycles. The van der Waals surface area contributed by atoms with Gasteiger partial charge in [-0.3, -0.25) is 0 Å². The van der Waals surface area contributed by atoms with Gasteiger partial charge in [-0.05, 0) is 72.4 Å². The Morgan fingerprint density at radius 2 is 1.88 bits per heavy atom. The maximum atomic E-state index is 11.2. The Hall–Kier alpha value is -2.49. The van der Waals surface area contributed by atoms with Crippen LogP contribution in [-0.2, 0) is 6.42 Å². The standard InChI is InChI=1S/C21H23NO3/c1-2-25-17-6-3-14(4-7-17)15-5-8-18-16(13-15)9-10-21(11-12-21)19(18)22-20(23)24/h3-8,13,19,22H,2,9-12H2,1H3,(H,23,24). The second kappa shape index (κ2) is 6.10. The smallest absolute Gasteiger partial charge is 0.405 e. The van der Waals surface area contributed by atoms with E-state index in [1.165, 1.54) is 11.1 Å². The molecule has 2 N–H and O–H groups in total. The van der Waals surface area contributed by atoms with E-state index in [1.54, 1.807) is 0 Å². The first-order valence-corrected chi connectivity index (χ1v) is 8.97. The number of aryl methyl sites for hydroxylation is 1. The molecule has 0 bridgehead atoms. The van der Waals surface area contributed by atoms with Crippen LogP contribution in [0, 0.1) is 5.41 Å². The molecular weight excluding hydrogens is 314 g/mol. The van der Waals surface area contributed by atoms with Gasteiger partial charge in [0.05, 0.1) is 12.6 Å². The van der Waals surface area contributed by atoms with E-state index in [0.29, 0.717) is 6.61 Å². The summed E-state index contributed by atoms with van der Waals surface area (Å²) in [5.41, 5.74) is 4.90. The first-order chi connectivity index (χ1) is 12.1. The average molecular weight is 337 g/mol. The van der Waals surface area contributed by atoms with E-state index in [9.17, 15) is 9.90 Å². The van der Waals surface area contributed by atoms with E-state index in [-0.39, 0.29) is 11.5 Å². The molecule has 2 aromatic rings. The zero-order valence-electron chi connectivity index (χ0n) is 14.4. The molecule has 2 aliphatic rings. The molecule has 0 heterocycles.